The smallest absolute Gasteiger partial charge is 0.306 e. The summed E-state index contributed by atoms with van der Waals surface area (Å²) in [7, 11) is -3.52. The van der Waals surface area contributed by atoms with Gasteiger partial charge in [0.25, 0.3) is 0 Å². The maximum absolute atomic E-state index is 11.2. The maximum Gasteiger partial charge on any atom is 0.306 e. The highest BCUT2D eigenvalue weighted by Crippen LogP contribution is 2.31. The molecule has 3 aromatic rings. The van der Waals surface area contributed by atoms with Gasteiger partial charge in [-0.25, -0.2) is 0 Å². The van der Waals surface area contributed by atoms with Gasteiger partial charge in [-0.05, 0) is 46.8 Å². The third-order valence-corrected chi connectivity index (χ3v) is 6.06. The molecule has 0 spiro atoms. The van der Waals surface area contributed by atoms with Gasteiger partial charge in [0.15, 0.2) is 0 Å². The first kappa shape index (κ1) is 20.8. The Balaban J connectivity index is 1.64. The molecular weight excluding hydrogens is 412 g/mol. The summed E-state index contributed by atoms with van der Waals surface area (Å²) in [4.78, 5) is 1.31. The predicted molar refractivity (Wildman–Crippen MR) is 118 cm³/mol. The van der Waals surface area contributed by atoms with Crippen molar-refractivity contribution >= 4 is 34.1 Å². The molecule has 0 saturated heterocycles. The lowest BCUT2D eigenvalue weighted by Crippen LogP contribution is -2.09. The summed E-state index contributed by atoms with van der Waals surface area (Å²) in [6.07, 6.45) is 1.79. The normalized spacial score (nSPS) is 12.5. The topological polar surface area (TPSA) is 52.6 Å². The highest BCUT2D eigenvalue weighted by atomic mass is 32.2. The zero-order valence-corrected chi connectivity index (χ0v) is 18.0. The minimum absolute atomic E-state index is 0.270. The van der Waals surface area contributed by atoms with E-state index in [1.54, 1.807) is 35.6 Å². The van der Waals surface area contributed by atoms with Crippen molar-refractivity contribution in [1.82, 2.24) is 0 Å². The summed E-state index contributed by atoms with van der Waals surface area (Å²) in [5, 5.41) is 2.09. The Hall–Kier alpha value is -1.96. The molecule has 0 fully saturated rings. The number of thiol groups is 1. The van der Waals surface area contributed by atoms with Crippen LogP contribution in [0.5, 0.6) is 11.5 Å². The highest BCUT2D eigenvalue weighted by molar-refractivity contribution is 7.86. The van der Waals surface area contributed by atoms with Crippen LogP contribution in [0.2, 0.25) is 0 Å². The van der Waals surface area contributed by atoms with Crippen LogP contribution in [0.15, 0.2) is 66.0 Å². The number of hydrogen-bond acceptors (Lipinski definition) is 6. The molecule has 1 atom stereocenters. The molecule has 1 unspecified atom stereocenters. The van der Waals surface area contributed by atoms with Gasteiger partial charge in [-0.2, -0.15) is 21.0 Å². The summed E-state index contributed by atoms with van der Waals surface area (Å²) in [5.74, 6) is 1.96. The van der Waals surface area contributed by atoms with Crippen molar-refractivity contribution in [2.24, 2.45) is 0 Å². The van der Waals surface area contributed by atoms with Gasteiger partial charge in [0.2, 0.25) is 0 Å². The van der Waals surface area contributed by atoms with Crippen LogP contribution in [0.3, 0.4) is 0 Å². The fraction of sp³-hybridized carbons (Fsp3) is 0.238. The number of thiophene rings is 1. The Morgan fingerprint density at radius 1 is 1.00 bits per heavy atom. The van der Waals surface area contributed by atoms with Gasteiger partial charge < -0.3 is 8.92 Å². The standard InChI is InChI=1S/C21H22O4S3/c1-28(22,23)25-18-10-8-17(9-11-18)24-13-12-16-5-2-3-6-19(16)20(15-26)21-7-4-14-27-21/h2-11,14,20,26H,12-13,15H2,1H3. The molecule has 7 heteroatoms. The number of benzene rings is 2. The van der Waals surface area contributed by atoms with Gasteiger partial charge >= 0.3 is 10.1 Å². The van der Waals surface area contributed by atoms with Crippen LogP contribution in [0.25, 0.3) is 0 Å². The molecule has 0 saturated carbocycles. The fourth-order valence-electron chi connectivity index (χ4n) is 2.98. The van der Waals surface area contributed by atoms with Crippen molar-refractivity contribution in [3.63, 3.8) is 0 Å². The monoisotopic (exact) mass is 434 g/mol. The fourth-order valence-corrected chi connectivity index (χ4v) is 4.80. The average Bonchev–Trinajstić information content (AvgIpc) is 3.18. The summed E-state index contributed by atoms with van der Waals surface area (Å²) < 4.78 is 33.0. The van der Waals surface area contributed by atoms with E-state index < -0.39 is 10.1 Å². The quantitative estimate of drug-likeness (QED) is 0.389. The van der Waals surface area contributed by atoms with E-state index in [4.69, 9.17) is 8.92 Å². The Bertz CT molecular complexity index is 981. The summed E-state index contributed by atoms with van der Waals surface area (Å²) >= 11 is 6.32. The Labute approximate surface area is 175 Å². The van der Waals surface area contributed by atoms with Crippen LogP contribution in [0.1, 0.15) is 21.9 Å². The van der Waals surface area contributed by atoms with Gasteiger partial charge in [-0.3, -0.25) is 0 Å². The molecule has 4 nitrogen and oxygen atoms in total. The van der Waals surface area contributed by atoms with Crippen molar-refractivity contribution in [3.05, 3.63) is 82.0 Å². The molecular formula is C21H22O4S3. The zero-order valence-electron chi connectivity index (χ0n) is 15.4. The predicted octanol–water partition coefficient (Wildman–Crippen LogP) is 4.77. The van der Waals surface area contributed by atoms with Gasteiger partial charge in [-0.15, -0.1) is 11.3 Å². The van der Waals surface area contributed by atoms with Crippen LogP contribution in [0.4, 0.5) is 0 Å². The molecule has 0 radical (unpaired) electrons. The highest BCUT2D eigenvalue weighted by Gasteiger charge is 2.16. The van der Waals surface area contributed by atoms with Gasteiger partial charge in [0.1, 0.15) is 11.5 Å². The average molecular weight is 435 g/mol. The van der Waals surface area contributed by atoms with Crippen LogP contribution >= 0.6 is 24.0 Å². The van der Waals surface area contributed by atoms with E-state index in [0.29, 0.717) is 12.4 Å². The lowest BCUT2D eigenvalue weighted by molar-refractivity contribution is 0.321. The second kappa shape index (κ2) is 9.49. The molecule has 0 aliphatic heterocycles. The molecule has 2 aromatic carbocycles. The van der Waals surface area contributed by atoms with Crippen molar-refractivity contribution in [1.29, 1.82) is 0 Å². The Morgan fingerprint density at radius 2 is 1.71 bits per heavy atom. The molecule has 1 aromatic heterocycles. The van der Waals surface area contributed by atoms with Crippen molar-refractivity contribution in [3.8, 4) is 11.5 Å². The molecule has 0 aliphatic rings. The summed E-state index contributed by atoms with van der Waals surface area (Å²) in [5.41, 5.74) is 2.52. The van der Waals surface area contributed by atoms with E-state index in [-0.39, 0.29) is 11.7 Å². The maximum atomic E-state index is 11.2. The summed E-state index contributed by atoms with van der Waals surface area (Å²) in [6.45, 7) is 0.521. The molecule has 3 rings (SSSR count). The Kier molecular flexibility index (Phi) is 7.04. The van der Waals surface area contributed by atoms with Crippen LogP contribution in [0, 0.1) is 0 Å². The molecule has 0 bridgehead atoms. The first-order valence-electron chi connectivity index (χ1n) is 8.80. The van der Waals surface area contributed by atoms with E-state index in [9.17, 15) is 8.42 Å². The van der Waals surface area contributed by atoms with Gasteiger partial charge in [0, 0.05) is 23.0 Å². The molecule has 0 N–H and O–H groups in total. The van der Waals surface area contributed by atoms with Crippen molar-refractivity contribution < 1.29 is 17.3 Å². The molecule has 0 amide bonds. The molecule has 1 heterocycles. The third kappa shape index (κ3) is 5.77. The number of hydrogen-bond donors (Lipinski definition) is 1. The third-order valence-electron chi connectivity index (χ3n) is 4.21. The minimum Gasteiger partial charge on any atom is -0.493 e. The second-order valence-electron chi connectivity index (χ2n) is 6.31. The summed E-state index contributed by atoms with van der Waals surface area (Å²) in [6, 6.07) is 19.2. The number of rotatable bonds is 9. The zero-order chi connectivity index (χ0) is 20.0. The largest absolute Gasteiger partial charge is 0.493 e. The Morgan fingerprint density at radius 3 is 2.36 bits per heavy atom. The van der Waals surface area contributed by atoms with Crippen molar-refractivity contribution in [2.75, 3.05) is 18.6 Å². The van der Waals surface area contributed by atoms with E-state index in [1.807, 2.05) is 6.07 Å². The second-order valence-corrected chi connectivity index (χ2v) is 9.23. The van der Waals surface area contributed by atoms with Crippen LogP contribution < -0.4 is 8.92 Å². The van der Waals surface area contributed by atoms with E-state index in [0.717, 1.165) is 18.4 Å². The first-order valence-corrected chi connectivity index (χ1v) is 12.1. The lowest BCUT2D eigenvalue weighted by atomic mass is 9.93. The lowest BCUT2D eigenvalue weighted by Gasteiger charge is -2.18. The number of ether oxygens (including phenoxy) is 1. The van der Waals surface area contributed by atoms with Crippen molar-refractivity contribution in [2.45, 2.75) is 12.3 Å². The van der Waals surface area contributed by atoms with Gasteiger partial charge in [-0.1, -0.05) is 30.3 Å². The van der Waals surface area contributed by atoms with Gasteiger partial charge in [0.05, 0.1) is 12.9 Å². The first-order chi connectivity index (χ1) is 13.5. The van der Waals surface area contributed by atoms with E-state index in [2.05, 4.69) is 48.3 Å². The van der Waals surface area contributed by atoms with E-state index in [1.165, 1.54) is 16.0 Å². The SMILES string of the molecule is CS(=O)(=O)Oc1ccc(OCCc2ccccc2C(CS)c2cccs2)cc1. The molecule has 0 aliphatic carbocycles. The molecule has 28 heavy (non-hydrogen) atoms. The van der Waals surface area contributed by atoms with E-state index >= 15 is 0 Å². The van der Waals surface area contributed by atoms with Crippen LogP contribution in [-0.2, 0) is 16.5 Å². The van der Waals surface area contributed by atoms with Crippen LogP contribution in [-0.4, -0.2) is 27.0 Å². The minimum atomic E-state index is -3.52. The molecule has 148 valence electrons.